The minimum absolute atomic E-state index is 0.0118. The van der Waals surface area contributed by atoms with Crippen LogP contribution in [-0.2, 0) is 11.3 Å². The molecule has 2 aromatic rings. The maximum Gasteiger partial charge on any atom is 0.236 e. The lowest BCUT2D eigenvalue weighted by molar-refractivity contribution is -0.131. The number of rotatable bonds is 5. The van der Waals surface area contributed by atoms with Crippen LogP contribution in [0.4, 0.5) is 4.39 Å². The molecule has 1 aliphatic rings. The van der Waals surface area contributed by atoms with E-state index in [-0.39, 0.29) is 24.3 Å². The van der Waals surface area contributed by atoms with Crippen LogP contribution in [0, 0.1) is 5.82 Å². The van der Waals surface area contributed by atoms with Crippen molar-refractivity contribution in [2.45, 2.75) is 25.4 Å². The molecule has 0 N–H and O–H groups in total. The summed E-state index contributed by atoms with van der Waals surface area (Å²) in [6.07, 6.45) is 2.04. The van der Waals surface area contributed by atoms with E-state index in [1.165, 1.54) is 6.07 Å². The highest BCUT2D eigenvalue weighted by atomic mass is 35.5. The standard InChI is InChI=1S/C20H22ClFN2O/c1-23(13-15-7-2-5-10-18(15)22)20(25)14-24-12-6-11-19(24)16-8-3-4-9-17(16)21/h2-5,7-10,19H,6,11-14H2,1H3. The van der Waals surface area contributed by atoms with Crippen LogP contribution in [0.2, 0.25) is 5.02 Å². The van der Waals surface area contributed by atoms with E-state index in [4.69, 9.17) is 11.6 Å². The second-order valence-corrected chi connectivity index (χ2v) is 6.90. The molecular weight excluding hydrogens is 339 g/mol. The van der Waals surface area contributed by atoms with Crippen LogP contribution >= 0.6 is 11.6 Å². The Balaban J connectivity index is 1.65. The van der Waals surface area contributed by atoms with Crippen molar-refractivity contribution in [3.05, 3.63) is 70.5 Å². The van der Waals surface area contributed by atoms with Gasteiger partial charge in [0.2, 0.25) is 5.91 Å². The monoisotopic (exact) mass is 360 g/mol. The Morgan fingerprint density at radius 2 is 1.96 bits per heavy atom. The van der Waals surface area contributed by atoms with Crippen molar-refractivity contribution in [3.63, 3.8) is 0 Å². The summed E-state index contributed by atoms with van der Waals surface area (Å²) in [5.41, 5.74) is 1.61. The molecule has 1 heterocycles. The summed E-state index contributed by atoms with van der Waals surface area (Å²) in [5, 5.41) is 0.742. The van der Waals surface area contributed by atoms with Crippen molar-refractivity contribution in [2.24, 2.45) is 0 Å². The number of hydrogen-bond acceptors (Lipinski definition) is 2. The predicted molar refractivity (Wildman–Crippen MR) is 97.9 cm³/mol. The number of nitrogens with zero attached hydrogens (tertiary/aromatic N) is 2. The number of likely N-dealkylation sites (N-methyl/N-ethyl adjacent to an activating group) is 1. The van der Waals surface area contributed by atoms with Gasteiger partial charge in [-0.1, -0.05) is 48.0 Å². The maximum atomic E-state index is 13.8. The molecule has 0 saturated carbocycles. The van der Waals surface area contributed by atoms with Gasteiger partial charge in [-0.05, 0) is 37.1 Å². The number of likely N-dealkylation sites (tertiary alicyclic amines) is 1. The summed E-state index contributed by atoms with van der Waals surface area (Å²) in [5.74, 6) is -0.292. The number of amides is 1. The molecule has 3 nitrogen and oxygen atoms in total. The van der Waals surface area contributed by atoms with Crippen LogP contribution in [0.5, 0.6) is 0 Å². The number of carbonyl (C=O) groups is 1. The largest absolute Gasteiger partial charge is 0.340 e. The van der Waals surface area contributed by atoms with Gasteiger partial charge in [0.15, 0.2) is 0 Å². The average Bonchev–Trinajstić information content (AvgIpc) is 3.05. The van der Waals surface area contributed by atoms with Gasteiger partial charge >= 0.3 is 0 Å². The summed E-state index contributed by atoms with van der Waals surface area (Å²) < 4.78 is 13.8. The van der Waals surface area contributed by atoms with Gasteiger partial charge in [0.1, 0.15) is 5.82 Å². The van der Waals surface area contributed by atoms with Crippen LogP contribution in [-0.4, -0.2) is 35.8 Å². The molecule has 2 aromatic carbocycles. The topological polar surface area (TPSA) is 23.6 Å². The van der Waals surface area contributed by atoms with Gasteiger partial charge in [0.25, 0.3) is 0 Å². The van der Waals surface area contributed by atoms with Gasteiger partial charge in [-0.3, -0.25) is 9.69 Å². The van der Waals surface area contributed by atoms with Gasteiger partial charge in [0.05, 0.1) is 6.54 Å². The molecule has 0 radical (unpaired) electrons. The summed E-state index contributed by atoms with van der Waals surface area (Å²) in [6, 6.07) is 14.5. The van der Waals surface area contributed by atoms with E-state index >= 15 is 0 Å². The van der Waals surface area contributed by atoms with Crippen LogP contribution < -0.4 is 0 Å². The van der Waals surface area contributed by atoms with Crippen LogP contribution in [0.3, 0.4) is 0 Å². The van der Waals surface area contributed by atoms with Crippen molar-refractivity contribution < 1.29 is 9.18 Å². The van der Waals surface area contributed by atoms with Crippen molar-refractivity contribution in [3.8, 4) is 0 Å². The zero-order valence-corrected chi connectivity index (χ0v) is 15.0. The summed E-state index contributed by atoms with van der Waals surface area (Å²) in [6.45, 7) is 1.46. The highest BCUT2D eigenvalue weighted by Gasteiger charge is 2.29. The second-order valence-electron chi connectivity index (χ2n) is 6.49. The zero-order chi connectivity index (χ0) is 17.8. The van der Waals surface area contributed by atoms with E-state index in [0.29, 0.717) is 12.1 Å². The van der Waals surface area contributed by atoms with E-state index in [2.05, 4.69) is 4.90 Å². The first-order chi connectivity index (χ1) is 12.1. The van der Waals surface area contributed by atoms with E-state index in [0.717, 1.165) is 30.0 Å². The SMILES string of the molecule is CN(Cc1ccccc1F)C(=O)CN1CCCC1c1ccccc1Cl. The molecule has 1 amide bonds. The molecule has 3 rings (SSSR count). The quantitative estimate of drug-likeness (QED) is 0.794. The molecule has 1 saturated heterocycles. The molecular formula is C20H22ClFN2O. The first-order valence-electron chi connectivity index (χ1n) is 8.52. The Hall–Kier alpha value is -1.91. The lowest BCUT2D eigenvalue weighted by Crippen LogP contribution is -2.38. The predicted octanol–water partition coefficient (Wildman–Crippen LogP) is 4.27. The minimum atomic E-state index is -0.280. The second kappa shape index (κ2) is 7.98. The minimum Gasteiger partial charge on any atom is -0.340 e. The fraction of sp³-hybridized carbons (Fsp3) is 0.350. The molecule has 1 aliphatic heterocycles. The van der Waals surface area contributed by atoms with Crippen LogP contribution in [0.25, 0.3) is 0 Å². The van der Waals surface area contributed by atoms with Gasteiger partial charge in [-0.25, -0.2) is 4.39 Å². The van der Waals surface area contributed by atoms with E-state index in [9.17, 15) is 9.18 Å². The molecule has 0 aliphatic carbocycles. The van der Waals surface area contributed by atoms with Crippen molar-refractivity contribution in [2.75, 3.05) is 20.1 Å². The smallest absolute Gasteiger partial charge is 0.236 e. The van der Waals surface area contributed by atoms with Crippen molar-refractivity contribution in [1.29, 1.82) is 0 Å². The van der Waals surface area contributed by atoms with Gasteiger partial charge in [-0.15, -0.1) is 0 Å². The Bertz CT molecular complexity index is 752. The average molecular weight is 361 g/mol. The number of carbonyl (C=O) groups excluding carboxylic acids is 1. The Labute approximate surface area is 153 Å². The van der Waals surface area contributed by atoms with E-state index in [1.54, 1.807) is 30.1 Å². The third-order valence-electron chi connectivity index (χ3n) is 4.76. The highest BCUT2D eigenvalue weighted by molar-refractivity contribution is 6.31. The number of hydrogen-bond donors (Lipinski definition) is 0. The molecule has 25 heavy (non-hydrogen) atoms. The van der Waals surface area contributed by atoms with Crippen molar-refractivity contribution >= 4 is 17.5 Å². The Kier molecular flexibility index (Phi) is 5.71. The molecule has 1 fully saturated rings. The van der Waals surface area contributed by atoms with Gasteiger partial charge in [-0.2, -0.15) is 0 Å². The molecule has 1 unspecified atom stereocenters. The lowest BCUT2D eigenvalue weighted by atomic mass is 10.0. The van der Waals surface area contributed by atoms with E-state index < -0.39 is 0 Å². The number of benzene rings is 2. The summed E-state index contributed by atoms with van der Waals surface area (Å²) in [4.78, 5) is 16.4. The molecule has 0 bridgehead atoms. The van der Waals surface area contributed by atoms with Gasteiger partial charge in [0, 0.05) is 30.2 Å². The third kappa shape index (κ3) is 4.20. The highest BCUT2D eigenvalue weighted by Crippen LogP contribution is 2.35. The van der Waals surface area contributed by atoms with Crippen LogP contribution in [0.15, 0.2) is 48.5 Å². The normalized spacial score (nSPS) is 17.6. The van der Waals surface area contributed by atoms with E-state index in [1.807, 2.05) is 24.3 Å². The first kappa shape index (κ1) is 17.9. The fourth-order valence-corrected chi connectivity index (χ4v) is 3.64. The molecule has 132 valence electrons. The number of halogens is 2. The molecule has 1 atom stereocenters. The fourth-order valence-electron chi connectivity index (χ4n) is 3.38. The lowest BCUT2D eigenvalue weighted by Gasteiger charge is -2.27. The summed E-state index contributed by atoms with van der Waals surface area (Å²) in [7, 11) is 1.72. The zero-order valence-electron chi connectivity index (χ0n) is 14.3. The van der Waals surface area contributed by atoms with Gasteiger partial charge < -0.3 is 4.90 Å². The Morgan fingerprint density at radius 1 is 1.24 bits per heavy atom. The first-order valence-corrected chi connectivity index (χ1v) is 8.90. The third-order valence-corrected chi connectivity index (χ3v) is 5.10. The Morgan fingerprint density at radius 3 is 2.72 bits per heavy atom. The summed E-state index contributed by atoms with van der Waals surface area (Å²) >= 11 is 6.33. The van der Waals surface area contributed by atoms with Crippen molar-refractivity contribution in [1.82, 2.24) is 9.80 Å². The molecule has 5 heteroatoms. The molecule has 0 spiro atoms. The van der Waals surface area contributed by atoms with Crippen LogP contribution in [0.1, 0.15) is 30.0 Å². The maximum absolute atomic E-state index is 13.8. The molecule has 0 aromatic heterocycles.